The molecule has 0 aromatic rings. The number of rotatable bonds is 13. The molecule has 0 saturated carbocycles. The van der Waals surface area contributed by atoms with Crippen molar-refractivity contribution < 1.29 is 34.3 Å². The molecule has 1 unspecified atom stereocenters. The standard InChI is InChI=1S/C19H36O7/c1-3-4-5-6-7-8-9-10-11-12-15(21)26-18-17(23)16(22)14(13-20)25-19(18)24-2/h14,16-20,22-23H,3-13H2,1-2H3/t14-,16-,17+,18-,19?/m1/s1. The monoisotopic (exact) mass is 376 g/mol. The van der Waals surface area contributed by atoms with E-state index < -0.39 is 43.3 Å². The maximum absolute atomic E-state index is 12.0. The summed E-state index contributed by atoms with van der Waals surface area (Å²) in [4.78, 5) is 12.0. The van der Waals surface area contributed by atoms with E-state index in [0.29, 0.717) is 0 Å². The van der Waals surface area contributed by atoms with Gasteiger partial charge in [-0.15, -0.1) is 0 Å². The van der Waals surface area contributed by atoms with Gasteiger partial charge in [0, 0.05) is 13.5 Å². The second-order valence-corrected chi connectivity index (χ2v) is 6.98. The van der Waals surface area contributed by atoms with Gasteiger partial charge in [0.2, 0.25) is 0 Å². The minimum Gasteiger partial charge on any atom is -0.454 e. The molecule has 1 saturated heterocycles. The van der Waals surface area contributed by atoms with Gasteiger partial charge in [0.05, 0.1) is 6.61 Å². The number of ether oxygens (including phenoxy) is 3. The van der Waals surface area contributed by atoms with E-state index in [1.54, 1.807) is 0 Å². The largest absolute Gasteiger partial charge is 0.454 e. The van der Waals surface area contributed by atoms with Crippen molar-refractivity contribution in [3.8, 4) is 0 Å². The van der Waals surface area contributed by atoms with Gasteiger partial charge in [0.15, 0.2) is 12.4 Å². The van der Waals surface area contributed by atoms with Gasteiger partial charge in [-0.25, -0.2) is 0 Å². The Morgan fingerprint density at radius 1 is 0.962 bits per heavy atom. The average molecular weight is 376 g/mol. The Morgan fingerprint density at radius 2 is 1.54 bits per heavy atom. The van der Waals surface area contributed by atoms with Crippen molar-refractivity contribution in [3.05, 3.63) is 0 Å². The Bertz CT molecular complexity index is 375. The Morgan fingerprint density at radius 3 is 2.08 bits per heavy atom. The first-order chi connectivity index (χ1) is 12.5. The minimum absolute atomic E-state index is 0.259. The fourth-order valence-corrected chi connectivity index (χ4v) is 3.16. The molecule has 0 aromatic heterocycles. The predicted octanol–water partition coefficient (Wildman–Crippen LogP) is 1.90. The summed E-state index contributed by atoms with van der Waals surface area (Å²) >= 11 is 0. The second kappa shape index (κ2) is 13.4. The van der Waals surface area contributed by atoms with Crippen LogP contribution in [0.5, 0.6) is 0 Å². The highest BCUT2D eigenvalue weighted by Gasteiger charge is 2.46. The first-order valence-electron chi connectivity index (χ1n) is 9.89. The van der Waals surface area contributed by atoms with Crippen LogP contribution in [0.1, 0.15) is 71.1 Å². The van der Waals surface area contributed by atoms with Crippen molar-refractivity contribution in [2.24, 2.45) is 0 Å². The number of carbonyl (C=O) groups excluding carboxylic acids is 1. The number of aliphatic hydroxyl groups excluding tert-OH is 3. The number of aliphatic hydroxyl groups is 3. The highest BCUT2D eigenvalue weighted by molar-refractivity contribution is 5.69. The average Bonchev–Trinajstić information content (AvgIpc) is 2.64. The maximum Gasteiger partial charge on any atom is 0.306 e. The molecule has 1 fully saturated rings. The third kappa shape index (κ3) is 7.88. The van der Waals surface area contributed by atoms with Gasteiger partial charge in [-0.2, -0.15) is 0 Å². The Balaban J connectivity index is 2.23. The van der Waals surface area contributed by atoms with Gasteiger partial charge in [-0.3, -0.25) is 4.79 Å². The lowest BCUT2D eigenvalue weighted by Crippen LogP contribution is -2.60. The van der Waals surface area contributed by atoms with E-state index >= 15 is 0 Å². The van der Waals surface area contributed by atoms with E-state index in [1.807, 2.05) is 0 Å². The van der Waals surface area contributed by atoms with E-state index in [0.717, 1.165) is 19.3 Å². The molecule has 26 heavy (non-hydrogen) atoms. The quantitative estimate of drug-likeness (QED) is 0.333. The van der Waals surface area contributed by atoms with Gasteiger partial charge >= 0.3 is 5.97 Å². The van der Waals surface area contributed by atoms with Gasteiger partial charge in [0.1, 0.15) is 18.3 Å². The van der Waals surface area contributed by atoms with Gasteiger partial charge in [-0.05, 0) is 6.42 Å². The van der Waals surface area contributed by atoms with Crippen molar-refractivity contribution in [3.63, 3.8) is 0 Å². The van der Waals surface area contributed by atoms with E-state index in [9.17, 15) is 15.0 Å². The molecule has 1 rings (SSSR count). The van der Waals surface area contributed by atoms with Gasteiger partial charge in [-0.1, -0.05) is 58.3 Å². The van der Waals surface area contributed by atoms with Crippen molar-refractivity contribution in [2.45, 2.75) is 102 Å². The maximum atomic E-state index is 12.0. The molecule has 0 spiro atoms. The minimum atomic E-state index is -1.36. The molecule has 5 atom stereocenters. The fourth-order valence-electron chi connectivity index (χ4n) is 3.16. The fraction of sp³-hybridized carbons (Fsp3) is 0.947. The zero-order chi connectivity index (χ0) is 19.4. The molecule has 0 aromatic carbocycles. The second-order valence-electron chi connectivity index (χ2n) is 6.98. The normalized spacial score (nSPS) is 28.9. The van der Waals surface area contributed by atoms with Crippen LogP contribution in [0.25, 0.3) is 0 Å². The molecule has 1 aliphatic heterocycles. The predicted molar refractivity (Wildman–Crippen MR) is 96.5 cm³/mol. The Hall–Kier alpha value is -0.730. The summed E-state index contributed by atoms with van der Waals surface area (Å²) in [6, 6.07) is 0. The van der Waals surface area contributed by atoms with E-state index in [1.165, 1.54) is 45.6 Å². The Kier molecular flexibility index (Phi) is 12.0. The van der Waals surface area contributed by atoms with Crippen LogP contribution in [0.15, 0.2) is 0 Å². The molecule has 1 heterocycles. The highest BCUT2D eigenvalue weighted by Crippen LogP contribution is 2.24. The van der Waals surface area contributed by atoms with E-state index in [4.69, 9.17) is 19.3 Å². The molecule has 0 bridgehead atoms. The van der Waals surface area contributed by atoms with Crippen molar-refractivity contribution >= 4 is 5.97 Å². The van der Waals surface area contributed by atoms with Crippen LogP contribution in [-0.2, 0) is 19.0 Å². The number of carbonyl (C=O) groups is 1. The zero-order valence-corrected chi connectivity index (χ0v) is 16.1. The van der Waals surface area contributed by atoms with Gasteiger partial charge in [0.25, 0.3) is 0 Å². The van der Waals surface area contributed by atoms with Crippen LogP contribution in [0.2, 0.25) is 0 Å². The number of methoxy groups -OCH3 is 1. The lowest BCUT2D eigenvalue weighted by Gasteiger charge is -2.40. The van der Waals surface area contributed by atoms with Crippen molar-refractivity contribution in [2.75, 3.05) is 13.7 Å². The number of esters is 1. The van der Waals surface area contributed by atoms with Crippen molar-refractivity contribution in [1.82, 2.24) is 0 Å². The third-order valence-corrected chi connectivity index (χ3v) is 4.81. The Labute approximate surface area is 156 Å². The van der Waals surface area contributed by atoms with Crippen LogP contribution in [0.3, 0.4) is 0 Å². The SMILES string of the molecule is CCCCCCCCCCCC(=O)O[C@H]1C(OC)O[C@H](CO)[C@@H](O)[C@@H]1O. The third-order valence-electron chi connectivity index (χ3n) is 4.81. The summed E-state index contributed by atoms with van der Waals surface area (Å²) in [7, 11) is 1.35. The van der Waals surface area contributed by atoms with Crippen molar-refractivity contribution in [1.29, 1.82) is 0 Å². The summed E-state index contributed by atoms with van der Waals surface area (Å²) in [5.41, 5.74) is 0. The molecule has 7 heteroatoms. The molecule has 0 amide bonds. The topological polar surface area (TPSA) is 105 Å². The lowest BCUT2D eigenvalue weighted by molar-refractivity contribution is -0.298. The number of hydrogen-bond acceptors (Lipinski definition) is 7. The molecule has 0 radical (unpaired) electrons. The summed E-state index contributed by atoms with van der Waals surface area (Å²) in [6.45, 7) is 1.75. The molecular formula is C19H36O7. The van der Waals surface area contributed by atoms with Crippen LogP contribution in [0, 0.1) is 0 Å². The molecule has 0 aliphatic carbocycles. The van der Waals surface area contributed by atoms with Crippen LogP contribution < -0.4 is 0 Å². The molecule has 154 valence electrons. The summed E-state index contributed by atoms with van der Waals surface area (Å²) in [5, 5.41) is 29.2. The van der Waals surface area contributed by atoms with Crippen LogP contribution in [0.4, 0.5) is 0 Å². The molecule has 1 aliphatic rings. The first-order valence-corrected chi connectivity index (χ1v) is 9.89. The molecule has 3 N–H and O–H groups in total. The lowest BCUT2D eigenvalue weighted by atomic mass is 9.99. The molecule has 7 nitrogen and oxygen atoms in total. The number of unbranched alkanes of at least 4 members (excludes halogenated alkanes) is 8. The van der Waals surface area contributed by atoms with Crippen LogP contribution >= 0.6 is 0 Å². The summed E-state index contributed by atoms with van der Waals surface area (Å²) in [6.07, 6.45) is 4.85. The number of hydrogen-bond donors (Lipinski definition) is 3. The smallest absolute Gasteiger partial charge is 0.306 e. The molecular weight excluding hydrogens is 340 g/mol. The van der Waals surface area contributed by atoms with Crippen LogP contribution in [-0.4, -0.2) is 65.7 Å². The summed E-state index contributed by atoms with van der Waals surface area (Å²) in [5.74, 6) is -0.447. The highest BCUT2D eigenvalue weighted by atomic mass is 16.7. The zero-order valence-electron chi connectivity index (χ0n) is 16.1. The summed E-state index contributed by atoms with van der Waals surface area (Å²) < 4.78 is 15.7. The first kappa shape index (κ1) is 23.3. The van der Waals surface area contributed by atoms with Gasteiger partial charge < -0.3 is 29.5 Å². The van der Waals surface area contributed by atoms with E-state index in [2.05, 4.69) is 6.92 Å². The van der Waals surface area contributed by atoms with E-state index in [-0.39, 0.29) is 6.42 Å².